The minimum atomic E-state index is -0.933. The molecule has 0 radical (unpaired) electrons. The summed E-state index contributed by atoms with van der Waals surface area (Å²) >= 11 is 0. The Bertz CT molecular complexity index is 545. The van der Waals surface area contributed by atoms with E-state index in [1.54, 1.807) is 0 Å². The van der Waals surface area contributed by atoms with Gasteiger partial charge in [0.15, 0.2) is 6.10 Å². The van der Waals surface area contributed by atoms with Gasteiger partial charge in [-0.1, -0.05) is 18.2 Å². The van der Waals surface area contributed by atoms with Gasteiger partial charge in [-0.2, -0.15) is 0 Å². The number of carboxylic acids is 1. The second-order valence-electron chi connectivity index (χ2n) is 4.02. The van der Waals surface area contributed by atoms with Crippen molar-refractivity contribution in [3.63, 3.8) is 0 Å². The number of aryl methyl sites for hydroxylation is 1. The number of methoxy groups -OCH3 is 1. The summed E-state index contributed by atoms with van der Waals surface area (Å²) in [6, 6.07) is 9.97. The van der Waals surface area contributed by atoms with Crippen LogP contribution in [0.4, 0.5) is 0 Å². The van der Waals surface area contributed by atoms with Gasteiger partial charge in [0.2, 0.25) is 0 Å². The Hall–Kier alpha value is -1.81. The van der Waals surface area contributed by atoms with Gasteiger partial charge < -0.3 is 14.4 Å². The highest BCUT2D eigenvalue weighted by molar-refractivity contribution is 5.81. The summed E-state index contributed by atoms with van der Waals surface area (Å²) in [7, 11) is 3.35. The molecule has 0 fully saturated rings. The predicted octanol–water partition coefficient (Wildman–Crippen LogP) is 1.82. The van der Waals surface area contributed by atoms with Crippen LogP contribution < -0.4 is 0 Å². The average molecular weight is 233 g/mol. The van der Waals surface area contributed by atoms with E-state index < -0.39 is 12.1 Å². The second-order valence-corrected chi connectivity index (χ2v) is 4.02. The van der Waals surface area contributed by atoms with Crippen LogP contribution in [0.15, 0.2) is 30.3 Å². The van der Waals surface area contributed by atoms with Crippen LogP contribution >= 0.6 is 0 Å². The third-order valence-electron chi connectivity index (χ3n) is 3.01. The summed E-state index contributed by atoms with van der Waals surface area (Å²) < 4.78 is 6.96. The van der Waals surface area contributed by atoms with Crippen molar-refractivity contribution >= 4 is 16.9 Å². The van der Waals surface area contributed by atoms with E-state index in [1.165, 1.54) is 7.11 Å². The minimum absolute atomic E-state index is 0.372. The molecule has 0 saturated heterocycles. The highest BCUT2D eigenvalue weighted by Crippen LogP contribution is 2.19. The Balaban J connectivity index is 2.36. The molecular formula is C13H15NO3. The van der Waals surface area contributed by atoms with E-state index in [4.69, 9.17) is 9.84 Å². The van der Waals surface area contributed by atoms with Crippen LogP contribution in [0.2, 0.25) is 0 Å². The topological polar surface area (TPSA) is 51.5 Å². The number of aliphatic carboxylic acids is 1. The number of aromatic nitrogens is 1. The molecule has 4 heteroatoms. The van der Waals surface area contributed by atoms with Crippen molar-refractivity contribution in [3.05, 3.63) is 36.0 Å². The summed E-state index contributed by atoms with van der Waals surface area (Å²) in [5.41, 5.74) is 2.06. The van der Waals surface area contributed by atoms with Crippen LogP contribution in [-0.4, -0.2) is 28.9 Å². The number of nitrogens with zero attached hydrogens (tertiary/aromatic N) is 1. The maximum absolute atomic E-state index is 10.9. The average Bonchev–Trinajstić information content (AvgIpc) is 2.63. The number of rotatable bonds is 4. The number of ether oxygens (including phenoxy) is 1. The smallest absolute Gasteiger partial charge is 0.333 e. The SMILES string of the molecule is COC(Cc1cc2ccccc2n1C)C(=O)O. The zero-order chi connectivity index (χ0) is 12.4. The van der Waals surface area contributed by atoms with Crippen molar-refractivity contribution in [1.82, 2.24) is 4.57 Å². The molecule has 0 amide bonds. The predicted molar refractivity (Wildman–Crippen MR) is 65.1 cm³/mol. The maximum Gasteiger partial charge on any atom is 0.333 e. The largest absolute Gasteiger partial charge is 0.479 e. The standard InChI is InChI=1S/C13H15NO3/c1-14-10(8-12(17-2)13(15)16)7-9-5-3-4-6-11(9)14/h3-7,12H,8H2,1-2H3,(H,15,16). The fourth-order valence-corrected chi connectivity index (χ4v) is 2.00. The van der Waals surface area contributed by atoms with Crippen molar-refractivity contribution in [1.29, 1.82) is 0 Å². The first-order chi connectivity index (χ1) is 8.13. The molecule has 0 aliphatic carbocycles. The highest BCUT2D eigenvalue weighted by atomic mass is 16.5. The molecule has 1 unspecified atom stereocenters. The molecule has 0 saturated carbocycles. The van der Waals surface area contributed by atoms with Crippen LogP contribution in [0.25, 0.3) is 10.9 Å². The molecular weight excluding hydrogens is 218 g/mol. The molecule has 0 aliphatic heterocycles. The Kier molecular flexibility index (Phi) is 3.15. The zero-order valence-corrected chi connectivity index (χ0v) is 9.88. The van der Waals surface area contributed by atoms with E-state index in [1.807, 2.05) is 41.9 Å². The van der Waals surface area contributed by atoms with Crippen LogP contribution in [0.3, 0.4) is 0 Å². The number of hydrogen-bond acceptors (Lipinski definition) is 2. The number of hydrogen-bond donors (Lipinski definition) is 1. The van der Waals surface area contributed by atoms with Crippen LogP contribution in [0, 0.1) is 0 Å². The van der Waals surface area contributed by atoms with Crippen molar-refractivity contribution in [3.8, 4) is 0 Å². The molecule has 0 aliphatic rings. The third kappa shape index (κ3) is 2.17. The molecule has 1 aromatic carbocycles. The Morgan fingerprint density at radius 2 is 2.18 bits per heavy atom. The molecule has 0 spiro atoms. The molecule has 0 bridgehead atoms. The van der Waals surface area contributed by atoms with Crippen molar-refractivity contribution in [2.24, 2.45) is 7.05 Å². The highest BCUT2D eigenvalue weighted by Gasteiger charge is 2.19. The Morgan fingerprint density at radius 3 is 2.76 bits per heavy atom. The normalized spacial score (nSPS) is 12.8. The minimum Gasteiger partial charge on any atom is -0.479 e. The summed E-state index contributed by atoms with van der Waals surface area (Å²) in [6.45, 7) is 0. The molecule has 17 heavy (non-hydrogen) atoms. The third-order valence-corrected chi connectivity index (χ3v) is 3.01. The fourth-order valence-electron chi connectivity index (χ4n) is 2.00. The van der Waals surface area contributed by atoms with Crippen molar-refractivity contribution in [2.45, 2.75) is 12.5 Å². The van der Waals surface area contributed by atoms with Gasteiger partial charge in [0.1, 0.15) is 0 Å². The molecule has 1 N–H and O–H groups in total. The quantitative estimate of drug-likeness (QED) is 0.876. The van der Waals surface area contributed by atoms with Crippen molar-refractivity contribution in [2.75, 3.05) is 7.11 Å². The molecule has 2 aromatic rings. The van der Waals surface area contributed by atoms with E-state index in [9.17, 15) is 4.79 Å². The number of carbonyl (C=O) groups is 1. The first-order valence-electron chi connectivity index (χ1n) is 5.42. The lowest BCUT2D eigenvalue weighted by molar-refractivity contribution is -0.148. The summed E-state index contributed by atoms with van der Waals surface area (Å²) in [6.07, 6.45) is -0.421. The maximum atomic E-state index is 10.9. The lowest BCUT2D eigenvalue weighted by atomic mass is 10.2. The number of benzene rings is 1. The van der Waals surface area contributed by atoms with Gasteiger partial charge in [-0.25, -0.2) is 4.79 Å². The number of para-hydroxylation sites is 1. The monoisotopic (exact) mass is 233 g/mol. The van der Waals surface area contributed by atoms with Gasteiger partial charge in [0, 0.05) is 31.8 Å². The first-order valence-corrected chi connectivity index (χ1v) is 5.42. The van der Waals surface area contributed by atoms with E-state index >= 15 is 0 Å². The molecule has 90 valence electrons. The van der Waals surface area contributed by atoms with Gasteiger partial charge >= 0.3 is 5.97 Å². The van der Waals surface area contributed by atoms with Gasteiger partial charge in [-0.3, -0.25) is 0 Å². The summed E-state index contributed by atoms with van der Waals surface area (Å²) in [5.74, 6) is -0.933. The molecule has 1 aromatic heterocycles. The molecule has 2 rings (SSSR count). The van der Waals surface area contributed by atoms with Crippen LogP contribution in [-0.2, 0) is 23.0 Å². The Morgan fingerprint density at radius 1 is 1.47 bits per heavy atom. The van der Waals surface area contributed by atoms with Crippen molar-refractivity contribution < 1.29 is 14.6 Å². The number of carboxylic acid groups (broad SMARTS) is 1. The van der Waals surface area contributed by atoms with Gasteiger partial charge in [0.05, 0.1) is 0 Å². The number of fused-ring (bicyclic) bond motifs is 1. The lowest BCUT2D eigenvalue weighted by Crippen LogP contribution is -2.25. The summed E-state index contributed by atoms with van der Waals surface area (Å²) in [4.78, 5) is 10.9. The first kappa shape index (κ1) is 11.7. The molecule has 4 nitrogen and oxygen atoms in total. The Labute approximate surface area is 99.4 Å². The van der Waals surface area contributed by atoms with E-state index in [0.717, 1.165) is 16.6 Å². The van der Waals surface area contributed by atoms with Gasteiger partial charge in [0.25, 0.3) is 0 Å². The van der Waals surface area contributed by atoms with E-state index in [2.05, 4.69) is 0 Å². The molecule has 1 heterocycles. The van der Waals surface area contributed by atoms with Gasteiger partial charge in [-0.15, -0.1) is 0 Å². The molecule has 1 atom stereocenters. The van der Waals surface area contributed by atoms with Crippen LogP contribution in [0.5, 0.6) is 0 Å². The lowest BCUT2D eigenvalue weighted by Gasteiger charge is -2.11. The second kappa shape index (κ2) is 4.59. The van der Waals surface area contributed by atoms with Gasteiger partial charge in [-0.05, 0) is 17.5 Å². The van der Waals surface area contributed by atoms with Crippen LogP contribution in [0.1, 0.15) is 5.69 Å². The zero-order valence-electron chi connectivity index (χ0n) is 9.88. The fraction of sp³-hybridized carbons (Fsp3) is 0.308. The van der Waals surface area contributed by atoms with E-state index in [-0.39, 0.29) is 0 Å². The van der Waals surface area contributed by atoms with E-state index in [0.29, 0.717) is 6.42 Å². The summed E-state index contributed by atoms with van der Waals surface area (Å²) in [5, 5.41) is 10.1.